The van der Waals surface area contributed by atoms with Gasteiger partial charge in [-0.25, -0.2) is 26.7 Å². The Morgan fingerprint density at radius 2 is 2.00 bits per heavy atom. The quantitative estimate of drug-likeness (QED) is 0.928. The number of benzene rings is 1. The van der Waals surface area contributed by atoms with Crippen molar-refractivity contribution in [3.05, 3.63) is 30.2 Å². The number of alkyl halides is 2. The molecule has 1 aromatic heterocycles. The number of aromatic nitrogens is 1. The average molecular weight is 278 g/mol. The molecule has 0 unspecified atom stereocenters. The lowest BCUT2D eigenvalue weighted by atomic mass is 10.2. The van der Waals surface area contributed by atoms with Crippen LogP contribution in [0.4, 0.5) is 13.2 Å². The molecule has 0 aliphatic rings. The Morgan fingerprint density at radius 3 is 2.56 bits per heavy atom. The highest BCUT2D eigenvalue weighted by Crippen LogP contribution is 2.27. The number of primary sulfonamides is 1. The van der Waals surface area contributed by atoms with Crippen molar-refractivity contribution < 1.29 is 21.6 Å². The third kappa shape index (κ3) is 2.21. The zero-order chi connectivity index (χ0) is 13.5. The third-order valence-corrected chi connectivity index (χ3v) is 3.38. The minimum atomic E-state index is -4.17. The highest BCUT2D eigenvalue weighted by molar-refractivity contribution is 7.89. The molecular weight excluding hydrogens is 269 g/mol. The van der Waals surface area contributed by atoms with Crippen LogP contribution >= 0.6 is 0 Å². The monoisotopic (exact) mass is 278 g/mol. The summed E-state index contributed by atoms with van der Waals surface area (Å²) in [6.45, 7) is -0.727. The Labute approximate surface area is 101 Å². The molecule has 2 aromatic rings. The molecule has 0 radical (unpaired) electrons. The van der Waals surface area contributed by atoms with E-state index in [4.69, 9.17) is 5.14 Å². The second-order valence-corrected chi connectivity index (χ2v) is 5.25. The number of sulfonamides is 1. The van der Waals surface area contributed by atoms with E-state index >= 15 is 0 Å². The van der Waals surface area contributed by atoms with Gasteiger partial charge in [0.15, 0.2) is 0 Å². The highest BCUT2D eigenvalue weighted by atomic mass is 32.2. The molecule has 2 N–H and O–H groups in total. The normalized spacial score (nSPS) is 12.5. The first-order valence-electron chi connectivity index (χ1n) is 4.89. The number of nitrogens with two attached hydrogens (primary N) is 1. The maximum absolute atomic E-state index is 13.6. The Morgan fingerprint density at radius 1 is 1.33 bits per heavy atom. The summed E-state index contributed by atoms with van der Waals surface area (Å²) in [5.74, 6) is -0.815. The minimum absolute atomic E-state index is 0.0688. The lowest BCUT2D eigenvalue weighted by Crippen LogP contribution is -2.12. The van der Waals surface area contributed by atoms with Crippen molar-refractivity contribution in [2.75, 3.05) is 0 Å². The van der Waals surface area contributed by atoms with Crippen LogP contribution in [0.3, 0.4) is 0 Å². The van der Waals surface area contributed by atoms with Gasteiger partial charge < -0.3 is 4.57 Å². The Kier molecular flexibility index (Phi) is 3.07. The molecule has 2 rings (SSSR count). The zero-order valence-electron chi connectivity index (χ0n) is 8.98. The van der Waals surface area contributed by atoms with Gasteiger partial charge in [0.2, 0.25) is 10.0 Å². The number of hydrogen-bond acceptors (Lipinski definition) is 2. The Hall–Kier alpha value is -1.54. The molecule has 8 heteroatoms. The number of halogens is 3. The summed E-state index contributed by atoms with van der Waals surface area (Å²) in [5.41, 5.74) is 0.0688. The maximum Gasteiger partial charge on any atom is 0.256 e. The van der Waals surface area contributed by atoms with Crippen LogP contribution < -0.4 is 5.14 Å². The van der Waals surface area contributed by atoms with Gasteiger partial charge >= 0.3 is 0 Å². The molecule has 0 spiro atoms. The second-order valence-electron chi connectivity index (χ2n) is 3.72. The predicted molar refractivity (Wildman–Crippen MR) is 59.3 cm³/mol. The molecule has 4 nitrogen and oxygen atoms in total. The van der Waals surface area contributed by atoms with Gasteiger partial charge in [-0.05, 0) is 12.1 Å². The van der Waals surface area contributed by atoms with E-state index in [0.29, 0.717) is 0 Å². The summed E-state index contributed by atoms with van der Waals surface area (Å²) in [7, 11) is -4.17. The van der Waals surface area contributed by atoms with Gasteiger partial charge in [0.1, 0.15) is 10.7 Å². The highest BCUT2D eigenvalue weighted by Gasteiger charge is 2.21. The lowest BCUT2D eigenvalue weighted by Gasteiger charge is -2.03. The van der Waals surface area contributed by atoms with Crippen LogP contribution in [0.1, 0.15) is 0 Å². The molecule has 1 aromatic carbocycles. The van der Waals surface area contributed by atoms with Crippen LogP contribution in [0.15, 0.2) is 29.3 Å². The fourth-order valence-corrected chi connectivity index (χ4v) is 2.55. The van der Waals surface area contributed by atoms with Gasteiger partial charge in [-0.2, -0.15) is 0 Å². The summed E-state index contributed by atoms with van der Waals surface area (Å²) < 4.78 is 61.9. The SMILES string of the molecule is NS(=O)(=O)c1cn(CC(F)F)c2cccc(F)c12. The van der Waals surface area contributed by atoms with Crippen molar-refractivity contribution in [3.63, 3.8) is 0 Å². The van der Waals surface area contributed by atoms with E-state index in [-0.39, 0.29) is 10.9 Å². The van der Waals surface area contributed by atoms with Crippen LogP contribution in [-0.4, -0.2) is 19.4 Å². The third-order valence-electron chi connectivity index (χ3n) is 2.46. The summed E-state index contributed by atoms with van der Waals surface area (Å²) in [4.78, 5) is -0.490. The van der Waals surface area contributed by atoms with Crippen LogP contribution in [0.2, 0.25) is 0 Å². The number of hydrogen-bond donors (Lipinski definition) is 1. The topological polar surface area (TPSA) is 65.1 Å². The molecule has 0 atom stereocenters. The van der Waals surface area contributed by atoms with E-state index in [1.54, 1.807) is 0 Å². The standard InChI is InChI=1S/C10H9F3N2O2S/c11-6-2-1-3-7-10(6)8(18(14,16)17)4-15(7)5-9(12)13/h1-4,9H,5H2,(H2,14,16,17). The molecular formula is C10H9F3N2O2S. The summed E-state index contributed by atoms with van der Waals surface area (Å²) in [6.07, 6.45) is -1.76. The molecule has 18 heavy (non-hydrogen) atoms. The first-order chi connectivity index (χ1) is 8.30. The largest absolute Gasteiger partial charge is 0.340 e. The lowest BCUT2D eigenvalue weighted by molar-refractivity contribution is 0.128. The zero-order valence-corrected chi connectivity index (χ0v) is 9.79. The van der Waals surface area contributed by atoms with Crippen LogP contribution in [0.25, 0.3) is 10.9 Å². The Bertz CT molecular complexity index is 694. The van der Waals surface area contributed by atoms with Crippen molar-refractivity contribution in [2.45, 2.75) is 17.9 Å². The van der Waals surface area contributed by atoms with Crippen LogP contribution in [-0.2, 0) is 16.6 Å². The van der Waals surface area contributed by atoms with E-state index in [0.717, 1.165) is 16.8 Å². The van der Waals surface area contributed by atoms with E-state index in [1.165, 1.54) is 12.1 Å². The molecule has 0 saturated heterocycles. The van der Waals surface area contributed by atoms with E-state index in [9.17, 15) is 21.6 Å². The van der Waals surface area contributed by atoms with Crippen LogP contribution in [0.5, 0.6) is 0 Å². The summed E-state index contributed by atoms with van der Waals surface area (Å²) >= 11 is 0. The number of rotatable bonds is 3. The number of fused-ring (bicyclic) bond motifs is 1. The molecule has 0 saturated carbocycles. The van der Waals surface area contributed by atoms with Crippen molar-refractivity contribution >= 4 is 20.9 Å². The Balaban J connectivity index is 2.80. The van der Waals surface area contributed by atoms with Crippen molar-refractivity contribution in [1.82, 2.24) is 4.57 Å². The first kappa shape index (κ1) is 12.9. The average Bonchev–Trinajstić information content (AvgIpc) is 2.57. The van der Waals surface area contributed by atoms with E-state index < -0.39 is 33.7 Å². The maximum atomic E-state index is 13.6. The van der Waals surface area contributed by atoms with E-state index in [2.05, 4.69) is 0 Å². The minimum Gasteiger partial charge on any atom is -0.340 e. The summed E-state index contributed by atoms with van der Waals surface area (Å²) in [6, 6.07) is 3.71. The van der Waals surface area contributed by atoms with Gasteiger partial charge in [0.25, 0.3) is 6.43 Å². The van der Waals surface area contributed by atoms with Gasteiger partial charge in [-0.15, -0.1) is 0 Å². The van der Waals surface area contributed by atoms with E-state index in [1.807, 2.05) is 0 Å². The molecule has 0 aliphatic carbocycles. The molecule has 0 fully saturated rings. The predicted octanol–water partition coefficient (Wildman–Crippen LogP) is 1.69. The molecule has 0 bridgehead atoms. The molecule has 0 aliphatic heterocycles. The van der Waals surface area contributed by atoms with Crippen molar-refractivity contribution in [3.8, 4) is 0 Å². The first-order valence-corrected chi connectivity index (χ1v) is 6.43. The fourth-order valence-electron chi connectivity index (χ4n) is 1.79. The second kappa shape index (κ2) is 4.29. The smallest absolute Gasteiger partial charge is 0.256 e. The van der Waals surface area contributed by atoms with Crippen LogP contribution in [0, 0.1) is 5.82 Å². The summed E-state index contributed by atoms with van der Waals surface area (Å²) in [5, 5.41) is 4.68. The fraction of sp³-hybridized carbons (Fsp3) is 0.200. The van der Waals surface area contributed by atoms with Gasteiger partial charge in [0.05, 0.1) is 17.4 Å². The van der Waals surface area contributed by atoms with Crippen molar-refractivity contribution in [1.29, 1.82) is 0 Å². The van der Waals surface area contributed by atoms with Gasteiger partial charge in [-0.1, -0.05) is 6.07 Å². The molecule has 1 heterocycles. The molecule has 0 amide bonds. The van der Waals surface area contributed by atoms with Crippen molar-refractivity contribution in [2.24, 2.45) is 5.14 Å². The van der Waals surface area contributed by atoms with Gasteiger partial charge in [-0.3, -0.25) is 0 Å². The number of nitrogens with zero attached hydrogens (tertiary/aromatic N) is 1. The van der Waals surface area contributed by atoms with Gasteiger partial charge in [0, 0.05) is 6.20 Å². The molecule has 98 valence electrons.